The maximum atomic E-state index is 2.42. The van der Waals surface area contributed by atoms with Crippen molar-refractivity contribution >= 4 is 48.6 Å². The van der Waals surface area contributed by atoms with Crippen LogP contribution < -0.4 is 4.90 Å². The van der Waals surface area contributed by atoms with Crippen LogP contribution in [0.15, 0.2) is 266 Å². The number of benzene rings is 10. The van der Waals surface area contributed by atoms with Gasteiger partial charge in [-0.15, -0.1) is 11.3 Å². The van der Waals surface area contributed by atoms with Crippen molar-refractivity contribution in [1.82, 2.24) is 0 Å². The lowest BCUT2D eigenvalue weighted by molar-refractivity contribution is 0.693. The predicted octanol–water partition coefficient (Wildman–Crippen LogP) is 18.8. The van der Waals surface area contributed by atoms with Gasteiger partial charge in [0.15, 0.2) is 0 Å². The van der Waals surface area contributed by atoms with E-state index in [1.54, 1.807) is 0 Å². The molecule has 2 heteroatoms. The minimum atomic E-state index is -0.384. The standard InChI is InChI=1S/C67H47NS/c1-4-17-46(18-5-1)50-43-51(47-19-6-2-7-20-47)45-52(44-50)48-31-37-55(38-32-48)68(56-39-33-49(34-40-56)58-26-16-27-62-61-25-12-15-30-65(61)69-66(58)62)57-41-35-54(36-42-57)67(53-21-8-3-9-22-53)63-28-13-10-23-59(63)60-24-11-14-29-64(60)67/h1-8,10-21,23-45H,9,22H2. The van der Waals surface area contributed by atoms with Crippen molar-refractivity contribution in [1.29, 1.82) is 0 Å². The average molecular weight is 898 g/mol. The largest absolute Gasteiger partial charge is 0.311 e. The van der Waals surface area contributed by atoms with Crippen LogP contribution in [0.2, 0.25) is 0 Å². The zero-order valence-corrected chi connectivity index (χ0v) is 38.9. The van der Waals surface area contributed by atoms with Crippen LogP contribution in [0.25, 0.3) is 75.8 Å². The van der Waals surface area contributed by atoms with Gasteiger partial charge in [-0.3, -0.25) is 0 Å². The van der Waals surface area contributed by atoms with Gasteiger partial charge >= 0.3 is 0 Å². The topological polar surface area (TPSA) is 3.24 Å². The third-order valence-electron chi connectivity index (χ3n) is 14.5. The number of anilines is 3. The van der Waals surface area contributed by atoms with E-state index in [4.69, 9.17) is 0 Å². The number of allylic oxidation sites excluding steroid dienone is 4. The maximum Gasteiger partial charge on any atom is 0.0676 e. The number of fused-ring (bicyclic) bond motifs is 6. The summed E-state index contributed by atoms with van der Waals surface area (Å²) in [5, 5.41) is 2.63. The highest BCUT2D eigenvalue weighted by molar-refractivity contribution is 7.26. The average Bonchev–Trinajstić information content (AvgIpc) is 3.97. The molecular weight excluding hydrogens is 851 g/mol. The third kappa shape index (κ3) is 6.98. The van der Waals surface area contributed by atoms with Gasteiger partial charge < -0.3 is 4.90 Å². The van der Waals surface area contributed by atoms with E-state index in [0.717, 1.165) is 29.9 Å². The Morgan fingerprint density at radius 3 is 1.43 bits per heavy atom. The Morgan fingerprint density at radius 1 is 0.377 bits per heavy atom. The van der Waals surface area contributed by atoms with E-state index in [0.29, 0.717) is 0 Å². The first-order valence-electron chi connectivity index (χ1n) is 24.0. The van der Waals surface area contributed by atoms with E-state index in [-0.39, 0.29) is 5.41 Å². The van der Waals surface area contributed by atoms with Crippen molar-refractivity contribution in [3.8, 4) is 55.6 Å². The van der Waals surface area contributed by atoms with Gasteiger partial charge in [0.2, 0.25) is 0 Å². The second-order valence-corrected chi connectivity index (χ2v) is 19.3. The highest BCUT2D eigenvalue weighted by Crippen LogP contribution is 2.58. The summed E-state index contributed by atoms with van der Waals surface area (Å²) >= 11 is 1.88. The van der Waals surface area contributed by atoms with E-state index in [1.807, 2.05) is 11.3 Å². The molecule has 2 aliphatic carbocycles. The molecule has 0 N–H and O–H groups in total. The van der Waals surface area contributed by atoms with E-state index in [2.05, 4.69) is 266 Å². The molecule has 0 amide bonds. The first-order chi connectivity index (χ1) is 34.2. The van der Waals surface area contributed by atoms with Crippen LogP contribution in [0.4, 0.5) is 17.1 Å². The molecule has 13 rings (SSSR count). The van der Waals surface area contributed by atoms with Gasteiger partial charge in [0.05, 0.1) is 5.41 Å². The highest BCUT2D eigenvalue weighted by atomic mass is 32.1. The summed E-state index contributed by atoms with van der Waals surface area (Å²) in [6, 6.07) is 89.8. The minimum Gasteiger partial charge on any atom is -0.311 e. The van der Waals surface area contributed by atoms with Crippen molar-refractivity contribution in [3.63, 3.8) is 0 Å². The molecule has 1 aromatic heterocycles. The number of hydrogen-bond acceptors (Lipinski definition) is 2. The fraction of sp³-hybridized carbons (Fsp3) is 0.0448. The zero-order chi connectivity index (χ0) is 45.7. The lowest BCUT2D eigenvalue weighted by Gasteiger charge is -2.37. The maximum absolute atomic E-state index is 2.42. The van der Waals surface area contributed by atoms with Crippen molar-refractivity contribution in [2.75, 3.05) is 4.90 Å². The highest BCUT2D eigenvalue weighted by Gasteiger charge is 2.47. The Labute approximate surface area is 408 Å². The first kappa shape index (κ1) is 40.9. The monoisotopic (exact) mass is 897 g/mol. The van der Waals surface area contributed by atoms with Crippen LogP contribution in [-0.2, 0) is 5.41 Å². The molecule has 10 aromatic carbocycles. The van der Waals surface area contributed by atoms with Gasteiger partial charge in [-0.25, -0.2) is 0 Å². The molecule has 0 saturated heterocycles. The SMILES string of the molecule is C1=CCCC(C2(c3ccc(N(c4ccc(-c5cc(-c6ccccc6)cc(-c6ccccc6)c5)cc4)c4ccc(-c5cccc6c5sc5ccccc56)cc4)cc3)c3ccccc3-c3ccccc32)=C1. The molecule has 0 bridgehead atoms. The van der Waals surface area contributed by atoms with Gasteiger partial charge in [-0.2, -0.15) is 0 Å². The third-order valence-corrected chi connectivity index (χ3v) is 15.7. The van der Waals surface area contributed by atoms with Gasteiger partial charge in [-0.1, -0.05) is 206 Å². The summed E-state index contributed by atoms with van der Waals surface area (Å²) < 4.78 is 2.65. The molecule has 69 heavy (non-hydrogen) atoms. The van der Waals surface area contributed by atoms with Crippen LogP contribution in [-0.4, -0.2) is 0 Å². The Bertz CT molecular complexity index is 3640. The number of rotatable bonds is 9. The summed E-state index contributed by atoms with van der Waals surface area (Å²) in [6.45, 7) is 0. The molecule has 0 aliphatic heterocycles. The summed E-state index contributed by atoms with van der Waals surface area (Å²) in [4.78, 5) is 2.42. The summed E-state index contributed by atoms with van der Waals surface area (Å²) in [5.74, 6) is 0. The van der Waals surface area contributed by atoms with Crippen molar-refractivity contribution in [3.05, 3.63) is 283 Å². The Kier molecular flexibility index (Phi) is 10.1. The number of nitrogens with zero attached hydrogens (tertiary/aromatic N) is 1. The van der Waals surface area contributed by atoms with Crippen LogP contribution in [0.5, 0.6) is 0 Å². The molecule has 0 fully saturated rings. The smallest absolute Gasteiger partial charge is 0.0676 e. The Hall–Kier alpha value is -8.30. The molecule has 326 valence electrons. The molecular formula is C67H47NS. The van der Waals surface area contributed by atoms with E-state index >= 15 is 0 Å². The Balaban J connectivity index is 0.938. The fourth-order valence-corrected chi connectivity index (χ4v) is 12.5. The fourth-order valence-electron chi connectivity index (χ4n) is 11.3. The van der Waals surface area contributed by atoms with Gasteiger partial charge in [-0.05, 0) is 146 Å². The quantitative estimate of drug-likeness (QED) is 0.140. The normalized spacial score (nSPS) is 13.5. The predicted molar refractivity (Wildman–Crippen MR) is 294 cm³/mol. The molecule has 11 aromatic rings. The second-order valence-electron chi connectivity index (χ2n) is 18.3. The second kappa shape index (κ2) is 17.1. The summed E-state index contributed by atoms with van der Waals surface area (Å²) in [7, 11) is 0. The molecule has 0 radical (unpaired) electrons. The number of hydrogen-bond donors (Lipinski definition) is 0. The lowest BCUT2D eigenvalue weighted by Crippen LogP contribution is -2.30. The van der Waals surface area contributed by atoms with Crippen molar-refractivity contribution < 1.29 is 0 Å². The zero-order valence-electron chi connectivity index (χ0n) is 38.1. The Morgan fingerprint density at radius 2 is 0.855 bits per heavy atom. The van der Waals surface area contributed by atoms with Crippen LogP contribution in [0.3, 0.4) is 0 Å². The lowest BCUT2D eigenvalue weighted by atomic mass is 9.65. The first-order valence-corrected chi connectivity index (χ1v) is 24.9. The van der Waals surface area contributed by atoms with Crippen LogP contribution in [0.1, 0.15) is 29.5 Å². The minimum absolute atomic E-state index is 0.384. The van der Waals surface area contributed by atoms with Crippen molar-refractivity contribution in [2.24, 2.45) is 0 Å². The van der Waals surface area contributed by atoms with Gasteiger partial charge in [0, 0.05) is 37.2 Å². The van der Waals surface area contributed by atoms with Crippen LogP contribution >= 0.6 is 11.3 Å². The van der Waals surface area contributed by atoms with Gasteiger partial charge in [0.25, 0.3) is 0 Å². The van der Waals surface area contributed by atoms with Gasteiger partial charge in [0.1, 0.15) is 0 Å². The molecule has 0 spiro atoms. The molecule has 0 unspecified atom stereocenters. The summed E-state index contributed by atoms with van der Waals surface area (Å²) in [6.07, 6.45) is 8.99. The summed E-state index contributed by atoms with van der Waals surface area (Å²) in [5.41, 5.74) is 20.7. The molecule has 0 saturated carbocycles. The number of thiophene rings is 1. The van der Waals surface area contributed by atoms with Crippen molar-refractivity contribution in [2.45, 2.75) is 18.3 Å². The van der Waals surface area contributed by atoms with Crippen LogP contribution in [0, 0.1) is 0 Å². The van der Waals surface area contributed by atoms with E-state index in [1.165, 1.54) is 98.1 Å². The van der Waals surface area contributed by atoms with E-state index < -0.39 is 0 Å². The molecule has 1 heterocycles. The van der Waals surface area contributed by atoms with E-state index in [9.17, 15) is 0 Å². The molecule has 2 aliphatic rings. The molecule has 0 atom stereocenters. The molecule has 1 nitrogen and oxygen atoms in total.